The summed E-state index contributed by atoms with van der Waals surface area (Å²) in [6.45, 7) is 9.64. The summed E-state index contributed by atoms with van der Waals surface area (Å²) in [5.74, 6) is -0.257. The second-order valence-corrected chi connectivity index (χ2v) is 10.0. The fraction of sp³-hybridized carbons (Fsp3) is 0.385. The van der Waals surface area contributed by atoms with Gasteiger partial charge in [-0.25, -0.2) is 0 Å². The molecule has 184 valence electrons. The molecule has 8 nitrogen and oxygen atoms in total. The Bertz CT molecular complexity index is 1230. The van der Waals surface area contributed by atoms with Crippen molar-refractivity contribution >= 4 is 40.3 Å². The van der Waals surface area contributed by atoms with Crippen LogP contribution in [0.2, 0.25) is 0 Å². The Hall–Kier alpha value is -3.33. The molecule has 1 spiro atoms. The smallest absolute Gasteiger partial charge is 0.271 e. The maximum atomic E-state index is 14.3. The summed E-state index contributed by atoms with van der Waals surface area (Å²) in [6.07, 6.45) is 1.96. The second kappa shape index (κ2) is 9.73. The van der Waals surface area contributed by atoms with Crippen LogP contribution in [0.5, 0.6) is 5.75 Å². The summed E-state index contributed by atoms with van der Waals surface area (Å²) in [4.78, 5) is 39.0. The molecule has 1 atom stereocenters. The minimum atomic E-state index is -1.42. The van der Waals surface area contributed by atoms with Crippen molar-refractivity contribution in [3.8, 4) is 5.75 Å². The van der Waals surface area contributed by atoms with Gasteiger partial charge in [0.25, 0.3) is 5.91 Å². The molecule has 2 aromatic rings. The maximum Gasteiger partial charge on any atom is 0.271 e. The van der Waals surface area contributed by atoms with Gasteiger partial charge in [0.15, 0.2) is 5.17 Å². The highest BCUT2D eigenvalue weighted by Crippen LogP contribution is 2.56. The highest BCUT2D eigenvalue weighted by molar-refractivity contribution is 8.15. The molecule has 0 aliphatic carbocycles. The van der Waals surface area contributed by atoms with E-state index in [1.54, 1.807) is 4.90 Å². The van der Waals surface area contributed by atoms with Crippen molar-refractivity contribution in [2.24, 2.45) is 5.10 Å². The van der Waals surface area contributed by atoms with E-state index in [2.05, 4.69) is 17.3 Å². The van der Waals surface area contributed by atoms with Crippen molar-refractivity contribution in [1.82, 2.24) is 10.3 Å². The lowest BCUT2D eigenvalue weighted by atomic mass is 10.0. The fourth-order valence-corrected chi connectivity index (χ4v) is 5.88. The lowest BCUT2D eigenvalue weighted by molar-refractivity contribution is -0.139. The average molecular weight is 495 g/mol. The highest BCUT2D eigenvalue weighted by Gasteiger charge is 2.61. The van der Waals surface area contributed by atoms with Crippen LogP contribution in [0.15, 0.2) is 41.5 Å². The molecule has 0 saturated carbocycles. The van der Waals surface area contributed by atoms with Crippen LogP contribution in [0.3, 0.4) is 0 Å². The van der Waals surface area contributed by atoms with Crippen LogP contribution in [-0.2, 0) is 25.8 Å². The number of hydrogen-bond donors (Lipinski definition) is 1. The maximum absolute atomic E-state index is 14.3. The number of anilines is 1. The minimum Gasteiger partial charge on any atom is -0.493 e. The molecule has 0 saturated heterocycles. The van der Waals surface area contributed by atoms with Gasteiger partial charge in [-0.05, 0) is 43.7 Å². The molecule has 2 heterocycles. The van der Waals surface area contributed by atoms with Gasteiger partial charge in [-0.15, -0.1) is 5.10 Å². The number of hydrazone groups is 1. The predicted molar refractivity (Wildman–Crippen MR) is 137 cm³/mol. The Kier molecular flexibility index (Phi) is 6.89. The summed E-state index contributed by atoms with van der Waals surface area (Å²) in [5, 5.41) is 8.41. The number of unbranched alkanes of at least 4 members (excludes halogenated alkanes) is 1. The lowest BCUT2D eigenvalue weighted by Crippen LogP contribution is -2.48. The van der Waals surface area contributed by atoms with Gasteiger partial charge in [0.1, 0.15) is 5.75 Å². The number of nitrogens with zero attached hydrogens (tertiary/aromatic N) is 3. The van der Waals surface area contributed by atoms with E-state index in [-0.39, 0.29) is 29.4 Å². The van der Waals surface area contributed by atoms with Crippen LogP contribution >= 0.6 is 11.8 Å². The third-order valence-electron chi connectivity index (χ3n) is 5.99. The predicted octanol–water partition coefficient (Wildman–Crippen LogP) is 4.18. The van der Waals surface area contributed by atoms with Gasteiger partial charge in [0, 0.05) is 25.0 Å². The molecule has 2 aliphatic heterocycles. The topological polar surface area (TPSA) is 91.3 Å². The molecule has 0 unspecified atom stereocenters. The zero-order chi connectivity index (χ0) is 25.3. The van der Waals surface area contributed by atoms with Crippen LogP contribution in [-0.4, -0.2) is 34.5 Å². The van der Waals surface area contributed by atoms with Crippen LogP contribution in [0, 0.1) is 13.8 Å². The zero-order valence-electron chi connectivity index (χ0n) is 20.7. The summed E-state index contributed by atoms with van der Waals surface area (Å²) in [5.41, 5.74) is 4.21. The normalized spacial score (nSPS) is 18.7. The Labute approximate surface area is 209 Å². The number of ether oxygens (including phenoxy) is 1. The Morgan fingerprint density at radius 1 is 1.17 bits per heavy atom. The van der Waals surface area contributed by atoms with E-state index in [9.17, 15) is 14.4 Å². The second-order valence-electron chi connectivity index (χ2n) is 8.84. The molecule has 2 aliphatic rings. The molecule has 0 fully saturated rings. The number of amides is 3. The SMILES string of the molecule is CCCCOc1ccccc1CN1C(=O)[C@]2(SC(NC(C)=O)=NN2C(C)=O)c2cc(C)cc(C)c21. The van der Waals surface area contributed by atoms with Gasteiger partial charge in [0.05, 0.1) is 18.8 Å². The summed E-state index contributed by atoms with van der Waals surface area (Å²) >= 11 is 1.09. The molecule has 1 N–H and O–H groups in total. The summed E-state index contributed by atoms with van der Waals surface area (Å²) in [6, 6.07) is 11.7. The van der Waals surface area contributed by atoms with Crippen molar-refractivity contribution in [1.29, 1.82) is 0 Å². The van der Waals surface area contributed by atoms with Gasteiger partial charge in [-0.1, -0.05) is 49.2 Å². The van der Waals surface area contributed by atoms with Gasteiger partial charge in [-0.2, -0.15) is 5.01 Å². The van der Waals surface area contributed by atoms with Crippen LogP contribution in [0.25, 0.3) is 0 Å². The molecule has 2 aromatic carbocycles. The first-order valence-electron chi connectivity index (χ1n) is 11.7. The first-order valence-corrected chi connectivity index (χ1v) is 12.5. The van der Waals surface area contributed by atoms with Crippen molar-refractivity contribution in [3.05, 3.63) is 58.7 Å². The number of para-hydroxylation sites is 1. The van der Waals surface area contributed by atoms with E-state index >= 15 is 0 Å². The minimum absolute atomic E-state index is 0.219. The first kappa shape index (κ1) is 24.8. The van der Waals surface area contributed by atoms with E-state index in [0.29, 0.717) is 12.2 Å². The number of thioether (sulfide) groups is 1. The van der Waals surface area contributed by atoms with E-state index in [0.717, 1.165) is 52.7 Å². The monoisotopic (exact) mass is 494 g/mol. The number of hydrogen-bond acceptors (Lipinski definition) is 6. The number of benzene rings is 2. The molecule has 0 bridgehead atoms. The number of carbonyl (C=O) groups excluding carboxylic acids is 3. The van der Waals surface area contributed by atoms with E-state index in [4.69, 9.17) is 4.74 Å². The van der Waals surface area contributed by atoms with E-state index in [1.165, 1.54) is 18.9 Å². The van der Waals surface area contributed by atoms with Gasteiger partial charge in [-0.3, -0.25) is 14.4 Å². The van der Waals surface area contributed by atoms with Gasteiger partial charge >= 0.3 is 0 Å². The molecule has 0 radical (unpaired) electrons. The van der Waals surface area contributed by atoms with E-state index in [1.807, 2.05) is 50.2 Å². The summed E-state index contributed by atoms with van der Waals surface area (Å²) < 4.78 is 6.02. The van der Waals surface area contributed by atoms with Crippen molar-refractivity contribution in [3.63, 3.8) is 0 Å². The number of carbonyl (C=O) groups is 3. The van der Waals surface area contributed by atoms with Crippen molar-refractivity contribution < 1.29 is 19.1 Å². The fourth-order valence-electron chi connectivity index (χ4n) is 4.56. The quantitative estimate of drug-likeness (QED) is 0.608. The van der Waals surface area contributed by atoms with Crippen molar-refractivity contribution in [2.75, 3.05) is 11.5 Å². The molecule has 3 amide bonds. The largest absolute Gasteiger partial charge is 0.493 e. The Balaban J connectivity index is 1.80. The van der Waals surface area contributed by atoms with Crippen LogP contribution in [0.1, 0.15) is 55.9 Å². The lowest BCUT2D eigenvalue weighted by Gasteiger charge is -2.29. The van der Waals surface area contributed by atoms with Gasteiger partial charge in [0.2, 0.25) is 16.7 Å². The number of fused-ring (bicyclic) bond motifs is 2. The first-order chi connectivity index (χ1) is 16.7. The molecule has 0 aromatic heterocycles. The van der Waals surface area contributed by atoms with Crippen molar-refractivity contribution in [2.45, 2.75) is 58.9 Å². The van der Waals surface area contributed by atoms with Gasteiger partial charge < -0.3 is 15.0 Å². The van der Waals surface area contributed by atoms with E-state index < -0.39 is 4.87 Å². The third kappa shape index (κ3) is 4.40. The van der Waals surface area contributed by atoms with Crippen LogP contribution in [0.4, 0.5) is 5.69 Å². The number of nitrogens with one attached hydrogen (secondary N) is 1. The Morgan fingerprint density at radius 2 is 1.91 bits per heavy atom. The zero-order valence-corrected chi connectivity index (χ0v) is 21.5. The highest BCUT2D eigenvalue weighted by atomic mass is 32.2. The number of amidine groups is 1. The number of rotatable bonds is 6. The molecule has 4 rings (SSSR count). The summed E-state index contributed by atoms with van der Waals surface area (Å²) in [7, 11) is 0. The Morgan fingerprint density at radius 3 is 2.60 bits per heavy atom. The van der Waals surface area contributed by atoms with Crippen LogP contribution < -0.4 is 15.0 Å². The molecule has 35 heavy (non-hydrogen) atoms. The average Bonchev–Trinajstić information content (AvgIpc) is 3.27. The molecular weight excluding hydrogens is 464 g/mol. The standard InChI is InChI=1S/C26H30N4O4S/c1-6-7-12-34-22-11-9-8-10-20(22)15-29-23-17(3)13-16(2)14-21(23)26(24(29)33)30(19(5)32)28-25(35-26)27-18(4)31/h8-11,13-14H,6-7,12,15H2,1-5H3,(H,27,28,31)/t26-/m1/s1. The molecular formula is C26H30N4O4S. The third-order valence-corrected chi connectivity index (χ3v) is 7.23. The number of aryl methyl sites for hydroxylation is 2. The molecule has 9 heteroatoms.